The minimum atomic E-state index is -2.30. The van der Waals surface area contributed by atoms with Gasteiger partial charge in [0, 0.05) is 11.8 Å². The van der Waals surface area contributed by atoms with E-state index in [0.29, 0.717) is 18.4 Å². The van der Waals surface area contributed by atoms with Crippen molar-refractivity contribution < 1.29 is 39.2 Å². The predicted octanol–water partition coefficient (Wildman–Crippen LogP) is 6.27. The number of carbonyl (C=O) groups excluding carboxylic acids is 3. The molecule has 1 aromatic carbocycles. The van der Waals surface area contributed by atoms with Crippen LogP contribution in [0, 0.1) is 22.7 Å². The molecule has 8 nitrogen and oxygen atoms in total. The number of fused-ring (bicyclic) bond motifs is 1. The Bertz CT molecular complexity index is 1300. The van der Waals surface area contributed by atoms with E-state index in [1.807, 2.05) is 20.8 Å². The minimum absolute atomic E-state index is 0.0245. The Hall–Kier alpha value is -2.81. The van der Waals surface area contributed by atoms with Gasteiger partial charge in [-0.15, -0.1) is 0 Å². The molecule has 254 valence electrons. The molecule has 1 aromatic rings. The topological polar surface area (TPSA) is 130 Å². The van der Waals surface area contributed by atoms with Crippen LogP contribution in [0.3, 0.4) is 0 Å². The molecule has 1 spiro atoms. The van der Waals surface area contributed by atoms with E-state index in [4.69, 9.17) is 9.47 Å². The first-order valence-corrected chi connectivity index (χ1v) is 17.3. The molecule has 0 aliphatic heterocycles. The van der Waals surface area contributed by atoms with Crippen molar-refractivity contribution in [2.75, 3.05) is 6.61 Å². The van der Waals surface area contributed by atoms with Crippen molar-refractivity contribution >= 4 is 17.7 Å². The van der Waals surface area contributed by atoms with E-state index in [1.165, 1.54) is 38.2 Å². The summed E-state index contributed by atoms with van der Waals surface area (Å²) in [5, 5.41) is 34.9. The molecule has 7 atom stereocenters. The molecule has 0 heterocycles. The first-order chi connectivity index (χ1) is 21.8. The first kappa shape index (κ1) is 36.0. The molecule has 0 unspecified atom stereocenters. The van der Waals surface area contributed by atoms with Gasteiger partial charge in [-0.25, -0.2) is 4.79 Å². The highest BCUT2D eigenvalue weighted by molar-refractivity contribution is 5.96. The van der Waals surface area contributed by atoms with Crippen molar-refractivity contribution in [3.05, 3.63) is 59.2 Å². The molecule has 0 saturated heterocycles. The molecule has 2 bridgehead atoms. The number of aliphatic hydroxyl groups excluding tert-OH is 2. The van der Waals surface area contributed by atoms with Crippen LogP contribution in [0.1, 0.15) is 116 Å². The highest BCUT2D eigenvalue weighted by Crippen LogP contribution is 2.61. The Kier molecular flexibility index (Phi) is 11.7. The number of unbranched alkanes of at least 4 members (excludes halogenated alkanes) is 8. The summed E-state index contributed by atoms with van der Waals surface area (Å²) in [6, 6.07) is 8.32. The molecule has 1 fully saturated rings. The van der Waals surface area contributed by atoms with Crippen LogP contribution >= 0.6 is 0 Å². The number of Topliss-reactive ketones (excluding diaryl/α,β-unsaturated/α-hetero) is 1. The molecule has 46 heavy (non-hydrogen) atoms. The van der Waals surface area contributed by atoms with E-state index in [9.17, 15) is 29.7 Å². The quantitative estimate of drug-likeness (QED) is 0.124. The molecule has 8 heteroatoms. The Balaban J connectivity index is 1.59. The Morgan fingerprint density at radius 3 is 2.17 bits per heavy atom. The zero-order valence-corrected chi connectivity index (χ0v) is 28.3. The monoisotopic (exact) mass is 638 g/mol. The lowest BCUT2D eigenvalue weighted by Crippen LogP contribution is -2.65. The second-order valence-electron chi connectivity index (χ2n) is 14.5. The van der Waals surface area contributed by atoms with Gasteiger partial charge in [-0.05, 0) is 49.0 Å². The largest absolute Gasteiger partial charge is 0.461 e. The van der Waals surface area contributed by atoms with E-state index in [0.717, 1.165) is 19.3 Å². The lowest BCUT2D eigenvalue weighted by Gasteiger charge is -2.48. The van der Waals surface area contributed by atoms with Crippen LogP contribution in [0.5, 0.6) is 0 Å². The fraction of sp³-hybridized carbons (Fsp3) is 0.658. The van der Waals surface area contributed by atoms with Crippen molar-refractivity contribution in [3.63, 3.8) is 0 Å². The molecular weight excluding hydrogens is 584 g/mol. The average molecular weight is 639 g/mol. The van der Waals surface area contributed by atoms with E-state index >= 15 is 0 Å². The second-order valence-corrected chi connectivity index (χ2v) is 14.5. The summed E-state index contributed by atoms with van der Waals surface area (Å²) in [6.07, 6.45) is 9.86. The van der Waals surface area contributed by atoms with Gasteiger partial charge in [0.05, 0.1) is 23.5 Å². The van der Waals surface area contributed by atoms with Gasteiger partial charge in [0.15, 0.2) is 17.5 Å². The molecule has 3 N–H and O–H groups in total. The Morgan fingerprint density at radius 2 is 1.57 bits per heavy atom. The van der Waals surface area contributed by atoms with Crippen molar-refractivity contribution in [2.45, 2.75) is 129 Å². The smallest absolute Gasteiger partial charge is 0.338 e. The summed E-state index contributed by atoms with van der Waals surface area (Å²) >= 11 is 0. The van der Waals surface area contributed by atoms with E-state index < -0.39 is 64.9 Å². The summed E-state index contributed by atoms with van der Waals surface area (Å²) in [5.74, 6) is -3.09. The lowest BCUT2D eigenvalue weighted by atomic mass is 9.59. The normalized spacial score (nSPS) is 31.7. The molecule has 0 amide bonds. The van der Waals surface area contributed by atoms with Crippen molar-refractivity contribution in [1.29, 1.82) is 0 Å². The second kappa shape index (κ2) is 15.0. The number of rotatable bonds is 14. The first-order valence-electron chi connectivity index (χ1n) is 17.3. The van der Waals surface area contributed by atoms with Crippen LogP contribution < -0.4 is 0 Å². The van der Waals surface area contributed by atoms with Gasteiger partial charge in [-0.3, -0.25) is 9.59 Å². The van der Waals surface area contributed by atoms with Crippen LogP contribution in [0.4, 0.5) is 0 Å². The number of esters is 2. The van der Waals surface area contributed by atoms with E-state index in [-0.39, 0.29) is 23.5 Å². The van der Waals surface area contributed by atoms with Gasteiger partial charge in [0.2, 0.25) is 0 Å². The molecule has 3 aliphatic carbocycles. The summed E-state index contributed by atoms with van der Waals surface area (Å²) in [5.41, 5.74) is -3.95. The van der Waals surface area contributed by atoms with Crippen LogP contribution in [-0.4, -0.2) is 63.6 Å². The van der Waals surface area contributed by atoms with Gasteiger partial charge in [0.25, 0.3) is 0 Å². The average Bonchev–Trinajstić information content (AvgIpc) is 3.19. The van der Waals surface area contributed by atoms with Gasteiger partial charge in [0.1, 0.15) is 12.2 Å². The van der Waals surface area contributed by atoms with Crippen LogP contribution in [0.25, 0.3) is 0 Å². The number of ketones is 1. The standard InChI is InChI=1S/C38H54O8/c1-6-7-8-9-10-11-12-13-17-20-30(40)45-34-29-21-28(24-39)31(41)38(44)33(46-35(43)27-18-15-14-16-19-27)25(2)22-37(38,32(29)42)26(3)23-36(34,4)5/h14-16,18-19,21-22,26,29,31,33-34,39,41,44H,6-13,17,20,23-24H2,1-5H3/t26-,29-,31-,33+,34-,37+,38+/m1/s1. The van der Waals surface area contributed by atoms with Crippen molar-refractivity contribution in [3.8, 4) is 0 Å². The van der Waals surface area contributed by atoms with Crippen LogP contribution in [0.15, 0.2) is 53.6 Å². The van der Waals surface area contributed by atoms with Gasteiger partial charge < -0.3 is 24.8 Å². The van der Waals surface area contributed by atoms with Crippen LogP contribution in [0.2, 0.25) is 0 Å². The molecule has 4 rings (SSSR count). The van der Waals surface area contributed by atoms with Crippen molar-refractivity contribution in [1.82, 2.24) is 0 Å². The highest BCUT2D eigenvalue weighted by atomic mass is 16.6. The van der Waals surface area contributed by atoms with E-state index in [1.54, 1.807) is 43.3 Å². The Morgan fingerprint density at radius 1 is 0.957 bits per heavy atom. The number of hydrogen-bond acceptors (Lipinski definition) is 8. The lowest BCUT2D eigenvalue weighted by molar-refractivity contribution is -0.190. The predicted molar refractivity (Wildman–Crippen MR) is 176 cm³/mol. The fourth-order valence-corrected chi connectivity index (χ4v) is 8.35. The van der Waals surface area contributed by atoms with E-state index in [2.05, 4.69) is 6.92 Å². The number of benzene rings is 1. The van der Waals surface area contributed by atoms with Crippen LogP contribution in [-0.2, 0) is 19.1 Å². The minimum Gasteiger partial charge on any atom is -0.461 e. The molecule has 1 saturated carbocycles. The molecule has 0 radical (unpaired) electrons. The number of carbonyl (C=O) groups is 3. The number of ether oxygens (including phenoxy) is 2. The summed E-state index contributed by atoms with van der Waals surface area (Å²) in [4.78, 5) is 41.3. The maximum atomic E-state index is 14.9. The maximum absolute atomic E-state index is 14.9. The zero-order chi connectivity index (χ0) is 33.7. The van der Waals surface area contributed by atoms with Gasteiger partial charge >= 0.3 is 11.9 Å². The third kappa shape index (κ3) is 6.76. The fourth-order valence-electron chi connectivity index (χ4n) is 8.35. The van der Waals surface area contributed by atoms with Gasteiger partial charge in [-0.1, -0.05) is 109 Å². The third-order valence-corrected chi connectivity index (χ3v) is 10.7. The highest BCUT2D eigenvalue weighted by Gasteiger charge is 2.73. The summed E-state index contributed by atoms with van der Waals surface area (Å²) < 4.78 is 12.0. The maximum Gasteiger partial charge on any atom is 0.338 e. The summed E-state index contributed by atoms with van der Waals surface area (Å²) in [7, 11) is 0. The van der Waals surface area contributed by atoms with Crippen molar-refractivity contribution in [2.24, 2.45) is 22.7 Å². The number of aliphatic hydroxyl groups is 3. The molecule has 3 aliphatic rings. The summed E-state index contributed by atoms with van der Waals surface area (Å²) in [6.45, 7) is 8.97. The molecular formula is C38H54O8. The number of hydrogen-bond donors (Lipinski definition) is 3. The zero-order valence-electron chi connectivity index (χ0n) is 28.3. The third-order valence-electron chi connectivity index (χ3n) is 10.7. The Labute approximate surface area is 274 Å². The van der Waals surface area contributed by atoms with Gasteiger partial charge in [-0.2, -0.15) is 0 Å². The molecule has 0 aromatic heterocycles. The SMILES string of the molecule is CCCCCCCCCCCC(=O)O[C@@H]1[C@@H]2C=C(CO)[C@@H](O)[C@]3(O)[C@@H](OC(=O)c4ccccc4)C(C)=C[C@@]3(C2=O)[C@H](C)CC1(C)C.